The third-order valence-corrected chi connectivity index (χ3v) is 5.04. The number of ether oxygens (including phenoxy) is 1. The van der Waals surface area contributed by atoms with Crippen molar-refractivity contribution in [3.8, 4) is 17.4 Å². The molecule has 0 aliphatic carbocycles. The van der Waals surface area contributed by atoms with Gasteiger partial charge in [-0.3, -0.25) is 9.69 Å². The van der Waals surface area contributed by atoms with Crippen LogP contribution < -0.4 is 5.43 Å². The Hall–Kier alpha value is -2.94. The number of morpholine rings is 1. The molecule has 0 N–H and O–H groups in total. The smallest absolute Gasteiger partial charge is 0.196 e. The molecule has 1 unspecified atom stereocenters. The van der Waals surface area contributed by atoms with Gasteiger partial charge in [0.05, 0.1) is 24.7 Å². The Morgan fingerprint density at radius 1 is 1.07 bits per heavy atom. The van der Waals surface area contributed by atoms with Crippen LogP contribution in [0.2, 0.25) is 0 Å². The molecule has 2 aromatic carbocycles. The van der Waals surface area contributed by atoms with E-state index < -0.39 is 6.04 Å². The molecule has 136 valence electrons. The molecule has 3 aromatic rings. The van der Waals surface area contributed by atoms with Crippen LogP contribution in [0.25, 0.3) is 22.3 Å². The molecule has 1 atom stereocenters. The second kappa shape index (κ2) is 7.36. The minimum absolute atomic E-state index is 0.0596. The molecule has 0 saturated carbocycles. The fourth-order valence-electron chi connectivity index (χ4n) is 3.60. The quantitative estimate of drug-likeness (QED) is 0.713. The van der Waals surface area contributed by atoms with Crippen LogP contribution in [0.1, 0.15) is 17.2 Å². The van der Waals surface area contributed by atoms with Crippen molar-refractivity contribution in [3.63, 3.8) is 0 Å². The maximum atomic E-state index is 13.0. The third kappa shape index (κ3) is 3.14. The molecule has 1 aliphatic rings. The van der Waals surface area contributed by atoms with Gasteiger partial charge in [0, 0.05) is 29.8 Å². The van der Waals surface area contributed by atoms with Crippen molar-refractivity contribution in [3.05, 3.63) is 69.9 Å². The number of nitriles is 1. The van der Waals surface area contributed by atoms with Crippen LogP contribution in [0.4, 0.5) is 0 Å². The number of hydrogen-bond acceptors (Lipinski definition) is 5. The number of fused-ring (bicyclic) bond motifs is 1. The summed E-state index contributed by atoms with van der Waals surface area (Å²) < 4.78 is 11.7. The molecule has 0 radical (unpaired) electrons. The summed E-state index contributed by atoms with van der Waals surface area (Å²) >= 11 is 0. The lowest BCUT2D eigenvalue weighted by Crippen LogP contribution is -2.38. The van der Waals surface area contributed by atoms with E-state index in [4.69, 9.17) is 9.15 Å². The largest absolute Gasteiger partial charge is 0.455 e. The topological polar surface area (TPSA) is 66.5 Å². The van der Waals surface area contributed by atoms with Crippen LogP contribution in [-0.2, 0) is 4.74 Å². The first-order valence-electron chi connectivity index (χ1n) is 9.04. The summed E-state index contributed by atoms with van der Waals surface area (Å²) in [5, 5.41) is 10.4. The summed E-state index contributed by atoms with van der Waals surface area (Å²) in [6.45, 7) is 4.33. The van der Waals surface area contributed by atoms with E-state index in [0.717, 1.165) is 11.1 Å². The lowest BCUT2D eigenvalue weighted by atomic mass is 10.00. The molecular formula is C22H20N2O3. The van der Waals surface area contributed by atoms with Gasteiger partial charge >= 0.3 is 0 Å². The molecule has 1 fully saturated rings. The highest BCUT2D eigenvalue weighted by Crippen LogP contribution is 2.31. The van der Waals surface area contributed by atoms with Gasteiger partial charge in [-0.2, -0.15) is 5.26 Å². The van der Waals surface area contributed by atoms with Crippen molar-refractivity contribution in [2.24, 2.45) is 0 Å². The second-order valence-corrected chi connectivity index (χ2v) is 6.66. The van der Waals surface area contributed by atoms with Crippen molar-refractivity contribution in [1.29, 1.82) is 5.26 Å². The monoisotopic (exact) mass is 360 g/mol. The van der Waals surface area contributed by atoms with E-state index >= 15 is 0 Å². The molecule has 27 heavy (non-hydrogen) atoms. The van der Waals surface area contributed by atoms with Crippen LogP contribution >= 0.6 is 0 Å². The van der Waals surface area contributed by atoms with Gasteiger partial charge in [0.15, 0.2) is 5.43 Å². The highest BCUT2D eigenvalue weighted by atomic mass is 16.5. The summed E-state index contributed by atoms with van der Waals surface area (Å²) in [6, 6.07) is 17.0. The molecule has 2 heterocycles. The van der Waals surface area contributed by atoms with Crippen molar-refractivity contribution in [2.45, 2.75) is 13.0 Å². The van der Waals surface area contributed by atoms with Crippen LogP contribution in [0.15, 0.2) is 57.7 Å². The molecule has 1 aromatic heterocycles. The molecule has 1 saturated heterocycles. The molecule has 0 amide bonds. The van der Waals surface area contributed by atoms with Gasteiger partial charge in [0.1, 0.15) is 17.4 Å². The summed E-state index contributed by atoms with van der Waals surface area (Å²) in [6.07, 6.45) is 0. The standard InChI is InChI=1S/C22H20N2O3/c1-15-20(25)18-9-5-8-17(19(14-23)24-10-12-26-13-11-24)22(18)27-21(15)16-6-3-2-4-7-16/h2-9,19H,10-13H2,1H3. The van der Waals surface area contributed by atoms with Crippen LogP contribution in [0.5, 0.6) is 0 Å². The molecule has 4 rings (SSSR count). The van der Waals surface area contributed by atoms with Gasteiger partial charge in [0.2, 0.25) is 0 Å². The summed E-state index contributed by atoms with van der Waals surface area (Å²) in [5.74, 6) is 0.555. The highest BCUT2D eigenvalue weighted by molar-refractivity contribution is 5.83. The predicted octanol–water partition coefficient (Wildman–Crippen LogP) is 3.67. The molecule has 5 nitrogen and oxygen atoms in total. The minimum Gasteiger partial charge on any atom is -0.455 e. The van der Waals surface area contributed by atoms with E-state index in [-0.39, 0.29) is 5.43 Å². The zero-order valence-electron chi connectivity index (χ0n) is 15.1. The van der Waals surface area contributed by atoms with Gasteiger partial charge in [-0.15, -0.1) is 0 Å². The Balaban J connectivity index is 1.93. The Morgan fingerprint density at radius 3 is 2.52 bits per heavy atom. The Morgan fingerprint density at radius 2 is 1.81 bits per heavy atom. The van der Waals surface area contributed by atoms with Crippen LogP contribution in [-0.4, -0.2) is 31.2 Å². The maximum absolute atomic E-state index is 13.0. The van der Waals surface area contributed by atoms with E-state index in [1.807, 2.05) is 42.5 Å². The molecule has 1 aliphatic heterocycles. The molecule has 0 bridgehead atoms. The molecule has 0 spiro atoms. The lowest BCUT2D eigenvalue weighted by molar-refractivity contribution is 0.0267. The second-order valence-electron chi connectivity index (χ2n) is 6.66. The zero-order valence-corrected chi connectivity index (χ0v) is 15.1. The Bertz CT molecular complexity index is 1060. The van der Waals surface area contributed by atoms with E-state index in [1.54, 1.807) is 13.0 Å². The lowest BCUT2D eigenvalue weighted by Gasteiger charge is -2.30. The number of nitrogens with zero attached hydrogens (tertiary/aromatic N) is 2. The summed E-state index contributed by atoms with van der Waals surface area (Å²) in [7, 11) is 0. The number of hydrogen-bond donors (Lipinski definition) is 0. The normalized spacial score (nSPS) is 16.1. The van der Waals surface area contributed by atoms with Crippen LogP contribution in [0, 0.1) is 18.3 Å². The van der Waals surface area contributed by atoms with E-state index in [2.05, 4.69) is 11.0 Å². The van der Waals surface area contributed by atoms with Crippen molar-refractivity contribution in [1.82, 2.24) is 4.90 Å². The molecular weight excluding hydrogens is 340 g/mol. The first kappa shape index (κ1) is 17.5. The SMILES string of the molecule is Cc1c(-c2ccccc2)oc2c(C(C#N)N3CCOCC3)cccc2c1=O. The highest BCUT2D eigenvalue weighted by Gasteiger charge is 2.26. The van der Waals surface area contributed by atoms with Gasteiger partial charge in [0.25, 0.3) is 0 Å². The average Bonchev–Trinajstić information content (AvgIpc) is 2.73. The van der Waals surface area contributed by atoms with E-state index in [9.17, 15) is 10.1 Å². The number of benzene rings is 2. The Labute approximate surface area is 157 Å². The van der Waals surface area contributed by atoms with Crippen molar-refractivity contribution in [2.75, 3.05) is 26.3 Å². The summed E-state index contributed by atoms with van der Waals surface area (Å²) in [5.41, 5.74) is 2.58. The van der Waals surface area contributed by atoms with Crippen molar-refractivity contribution < 1.29 is 9.15 Å². The number of rotatable bonds is 3. The minimum atomic E-state index is -0.480. The Kier molecular flexibility index (Phi) is 4.76. The molecule has 5 heteroatoms. The fraction of sp³-hybridized carbons (Fsp3) is 0.273. The maximum Gasteiger partial charge on any atom is 0.196 e. The zero-order chi connectivity index (χ0) is 18.8. The van der Waals surface area contributed by atoms with Gasteiger partial charge < -0.3 is 9.15 Å². The summed E-state index contributed by atoms with van der Waals surface area (Å²) in [4.78, 5) is 15.1. The predicted molar refractivity (Wildman–Crippen MR) is 103 cm³/mol. The van der Waals surface area contributed by atoms with Crippen molar-refractivity contribution >= 4 is 11.0 Å². The van der Waals surface area contributed by atoms with Gasteiger partial charge in [-0.1, -0.05) is 42.5 Å². The van der Waals surface area contributed by atoms with Gasteiger partial charge in [-0.25, -0.2) is 0 Å². The third-order valence-electron chi connectivity index (χ3n) is 5.04. The fourth-order valence-corrected chi connectivity index (χ4v) is 3.60. The average molecular weight is 360 g/mol. The van der Waals surface area contributed by atoms with Gasteiger partial charge in [-0.05, 0) is 13.0 Å². The van der Waals surface area contributed by atoms with Crippen LogP contribution in [0.3, 0.4) is 0 Å². The first-order chi connectivity index (χ1) is 13.2. The van der Waals surface area contributed by atoms with E-state index in [0.29, 0.717) is 48.6 Å². The number of para-hydroxylation sites is 1. The van der Waals surface area contributed by atoms with E-state index in [1.165, 1.54) is 0 Å². The first-order valence-corrected chi connectivity index (χ1v) is 9.04.